The maximum atomic E-state index is 3.63. The van der Waals surface area contributed by atoms with Gasteiger partial charge in [-0.3, -0.25) is 0 Å². The summed E-state index contributed by atoms with van der Waals surface area (Å²) in [4.78, 5) is 0. The van der Waals surface area contributed by atoms with Gasteiger partial charge in [0.2, 0.25) is 0 Å². The summed E-state index contributed by atoms with van der Waals surface area (Å²) in [5.74, 6) is 0. The molecule has 0 fully saturated rings. The van der Waals surface area contributed by atoms with Gasteiger partial charge in [-0.1, -0.05) is 84.9 Å². The molecule has 1 nitrogen and oxygen atoms in total. The Morgan fingerprint density at radius 2 is 1.24 bits per heavy atom. The lowest BCUT2D eigenvalue weighted by Crippen LogP contribution is -2.25. The third-order valence-electron chi connectivity index (χ3n) is 4.42. The van der Waals surface area contributed by atoms with Crippen molar-refractivity contribution in [3.05, 3.63) is 96.1 Å². The van der Waals surface area contributed by atoms with Gasteiger partial charge in [-0.2, -0.15) is 0 Å². The van der Waals surface area contributed by atoms with Gasteiger partial charge in [-0.05, 0) is 42.0 Å². The first kappa shape index (κ1) is 19.2. The molecule has 1 atom stereocenters. The van der Waals surface area contributed by atoms with Gasteiger partial charge in [0.25, 0.3) is 0 Å². The average molecular weight is 352 g/mol. The Hall–Kier alpha value is -2.09. The SMILES string of the molecule is CC(CCc1ccccc1)NCc1ccc(-c2ccccc2)cc1.Cl. The molecule has 130 valence electrons. The second kappa shape index (κ2) is 10.0. The topological polar surface area (TPSA) is 12.0 Å². The van der Waals surface area contributed by atoms with Crippen molar-refractivity contribution in [1.82, 2.24) is 5.32 Å². The molecule has 0 aliphatic heterocycles. The molecule has 0 aliphatic rings. The Labute approximate surface area is 157 Å². The number of benzene rings is 3. The van der Waals surface area contributed by atoms with Crippen LogP contribution in [0.5, 0.6) is 0 Å². The van der Waals surface area contributed by atoms with Crippen LogP contribution in [0.3, 0.4) is 0 Å². The second-order valence-corrected chi connectivity index (χ2v) is 6.37. The molecule has 2 heteroatoms. The first-order chi connectivity index (χ1) is 11.8. The number of aryl methyl sites for hydroxylation is 1. The van der Waals surface area contributed by atoms with Crippen LogP contribution in [0.1, 0.15) is 24.5 Å². The summed E-state index contributed by atoms with van der Waals surface area (Å²) in [6.45, 7) is 3.19. The minimum absolute atomic E-state index is 0. The van der Waals surface area contributed by atoms with Crippen molar-refractivity contribution >= 4 is 12.4 Å². The van der Waals surface area contributed by atoms with Gasteiger partial charge in [-0.25, -0.2) is 0 Å². The molecule has 1 N–H and O–H groups in total. The van der Waals surface area contributed by atoms with Crippen LogP contribution in [-0.2, 0) is 13.0 Å². The number of halogens is 1. The Bertz CT molecular complexity index is 723. The molecule has 0 heterocycles. The highest BCUT2D eigenvalue weighted by molar-refractivity contribution is 5.85. The highest BCUT2D eigenvalue weighted by atomic mass is 35.5. The quantitative estimate of drug-likeness (QED) is 0.560. The van der Waals surface area contributed by atoms with E-state index in [0.29, 0.717) is 6.04 Å². The minimum Gasteiger partial charge on any atom is -0.310 e. The largest absolute Gasteiger partial charge is 0.310 e. The van der Waals surface area contributed by atoms with Crippen molar-refractivity contribution < 1.29 is 0 Å². The summed E-state index contributed by atoms with van der Waals surface area (Å²) in [7, 11) is 0. The predicted octanol–water partition coefficient (Wildman–Crippen LogP) is 5.89. The summed E-state index contributed by atoms with van der Waals surface area (Å²) >= 11 is 0. The third-order valence-corrected chi connectivity index (χ3v) is 4.42. The smallest absolute Gasteiger partial charge is 0.0207 e. The van der Waals surface area contributed by atoms with E-state index in [0.717, 1.165) is 19.4 Å². The van der Waals surface area contributed by atoms with E-state index in [-0.39, 0.29) is 12.4 Å². The second-order valence-electron chi connectivity index (χ2n) is 6.37. The lowest BCUT2D eigenvalue weighted by atomic mass is 10.0. The van der Waals surface area contributed by atoms with E-state index in [1.54, 1.807) is 0 Å². The number of rotatable bonds is 7. The molecule has 0 saturated heterocycles. The summed E-state index contributed by atoms with van der Waals surface area (Å²) in [5, 5.41) is 3.63. The molecule has 0 amide bonds. The fourth-order valence-electron chi connectivity index (χ4n) is 2.87. The van der Waals surface area contributed by atoms with Crippen molar-refractivity contribution in [3.63, 3.8) is 0 Å². The lowest BCUT2D eigenvalue weighted by molar-refractivity contribution is 0.514. The predicted molar refractivity (Wildman–Crippen MR) is 110 cm³/mol. The molecule has 0 spiro atoms. The summed E-state index contributed by atoms with van der Waals surface area (Å²) in [6, 6.07) is 30.6. The standard InChI is InChI=1S/C23H25N.ClH/c1-19(12-13-20-8-4-2-5-9-20)24-18-21-14-16-23(17-15-21)22-10-6-3-7-11-22;/h2-11,14-17,19,24H,12-13,18H2,1H3;1H. The normalized spacial score (nSPS) is 11.6. The van der Waals surface area contributed by atoms with Crippen LogP contribution in [0, 0.1) is 0 Å². The molecular weight excluding hydrogens is 326 g/mol. The van der Waals surface area contributed by atoms with E-state index in [1.165, 1.54) is 22.3 Å². The zero-order chi connectivity index (χ0) is 16.6. The van der Waals surface area contributed by atoms with E-state index in [1.807, 2.05) is 0 Å². The monoisotopic (exact) mass is 351 g/mol. The maximum absolute atomic E-state index is 3.63. The van der Waals surface area contributed by atoms with Crippen molar-refractivity contribution in [2.75, 3.05) is 0 Å². The van der Waals surface area contributed by atoms with Crippen LogP contribution in [-0.4, -0.2) is 6.04 Å². The number of nitrogens with one attached hydrogen (secondary N) is 1. The van der Waals surface area contributed by atoms with Crippen molar-refractivity contribution in [2.45, 2.75) is 32.4 Å². The van der Waals surface area contributed by atoms with E-state index in [9.17, 15) is 0 Å². The van der Waals surface area contributed by atoms with Crippen molar-refractivity contribution in [2.24, 2.45) is 0 Å². The highest BCUT2D eigenvalue weighted by Crippen LogP contribution is 2.19. The Balaban J connectivity index is 0.00000225. The van der Waals surface area contributed by atoms with E-state index < -0.39 is 0 Å². The molecule has 0 saturated carbocycles. The first-order valence-corrected chi connectivity index (χ1v) is 8.73. The van der Waals surface area contributed by atoms with Crippen molar-refractivity contribution in [1.29, 1.82) is 0 Å². The van der Waals surface area contributed by atoms with Crippen LogP contribution in [0.15, 0.2) is 84.9 Å². The van der Waals surface area contributed by atoms with Crippen LogP contribution < -0.4 is 5.32 Å². The Morgan fingerprint density at radius 3 is 1.88 bits per heavy atom. The maximum Gasteiger partial charge on any atom is 0.0207 e. The van der Waals surface area contributed by atoms with Gasteiger partial charge in [0.1, 0.15) is 0 Å². The van der Waals surface area contributed by atoms with E-state index in [2.05, 4.69) is 97.2 Å². The van der Waals surface area contributed by atoms with Crippen LogP contribution >= 0.6 is 12.4 Å². The van der Waals surface area contributed by atoms with E-state index in [4.69, 9.17) is 0 Å². The van der Waals surface area contributed by atoms with Crippen LogP contribution in [0.2, 0.25) is 0 Å². The van der Waals surface area contributed by atoms with Crippen molar-refractivity contribution in [3.8, 4) is 11.1 Å². The lowest BCUT2D eigenvalue weighted by Gasteiger charge is -2.14. The number of hydrogen-bond acceptors (Lipinski definition) is 1. The molecule has 1 unspecified atom stereocenters. The fourth-order valence-corrected chi connectivity index (χ4v) is 2.87. The molecule has 0 aliphatic carbocycles. The van der Waals surface area contributed by atoms with Crippen LogP contribution in [0.4, 0.5) is 0 Å². The summed E-state index contributed by atoms with van der Waals surface area (Å²) < 4.78 is 0. The molecule has 0 radical (unpaired) electrons. The molecule has 3 aromatic rings. The third kappa shape index (κ3) is 6.04. The van der Waals surface area contributed by atoms with Gasteiger partial charge in [0, 0.05) is 12.6 Å². The zero-order valence-corrected chi connectivity index (χ0v) is 15.5. The van der Waals surface area contributed by atoms with Gasteiger partial charge < -0.3 is 5.32 Å². The molecule has 3 rings (SSSR count). The molecule has 3 aromatic carbocycles. The van der Waals surface area contributed by atoms with Crippen LogP contribution in [0.25, 0.3) is 11.1 Å². The fraction of sp³-hybridized carbons (Fsp3) is 0.217. The molecule has 25 heavy (non-hydrogen) atoms. The summed E-state index contributed by atoms with van der Waals surface area (Å²) in [6.07, 6.45) is 2.29. The minimum atomic E-state index is 0. The zero-order valence-electron chi connectivity index (χ0n) is 14.7. The van der Waals surface area contributed by atoms with E-state index >= 15 is 0 Å². The Kier molecular flexibility index (Phi) is 7.72. The Morgan fingerprint density at radius 1 is 0.680 bits per heavy atom. The van der Waals surface area contributed by atoms with Gasteiger partial charge in [-0.15, -0.1) is 12.4 Å². The average Bonchev–Trinajstić information content (AvgIpc) is 2.67. The summed E-state index contributed by atoms with van der Waals surface area (Å²) in [5.41, 5.74) is 5.30. The molecule has 0 bridgehead atoms. The first-order valence-electron chi connectivity index (χ1n) is 8.73. The van der Waals surface area contributed by atoms with Gasteiger partial charge in [0.05, 0.1) is 0 Å². The van der Waals surface area contributed by atoms with Gasteiger partial charge >= 0.3 is 0 Å². The molecule has 0 aromatic heterocycles. The number of hydrogen-bond donors (Lipinski definition) is 1. The van der Waals surface area contributed by atoms with Gasteiger partial charge in [0.15, 0.2) is 0 Å². The highest BCUT2D eigenvalue weighted by Gasteiger charge is 2.03. The molecular formula is C23H26ClN.